The van der Waals surface area contributed by atoms with E-state index in [4.69, 9.17) is 4.89 Å². The largest absolute Gasteiger partial charge is 0.385 e. The molecule has 0 saturated heterocycles. The lowest BCUT2D eigenvalue weighted by Gasteiger charge is -2.35. The fourth-order valence-electron chi connectivity index (χ4n) is 2.78. The van der Waals surface area contributed by atoms with Crippen molar-refractivity contribution in [3.63, 3.8) is 0 Å². The Hall–Kier alpha value is -1.66. The number of ketones is 1. The van der Waals surface area contributed by atoms with Crippen LogP contribution in [0.3, 0.4) is 0 Å². The molecule has 1 aromatic carbocycles. The molecule has 132 valence electrons. The van der Waals surface area contributed by atoms with Crippen LogP contribution in [0.15, 0.2) is 58.5 Å². The number of aliphatic hydroxyl groups excluding tert-OH is 1. The number of aliphatic hydroxyl groups is 1. The summed E-state index contributed by atoms with van der Waals surface area (Å²) in [6.45, 7) is 6.41. The van der Waals surface area contributed by atoms with Crippen LogP contribution in [0, 0.1) is 5.41 Å². The maximum atomic E-state index is 12.4. The molecule has 2 aliphatic rings. The van der Waals surface area contributed by atoms with Crippen LogP contribution in [0.4, 0.5) is 0 Å². The SMILES string of the molecule is COOC1C(=O)/C(=C2\C=C(c3ccccc3)SC(C(C)(C)C)=C2)C1O. The smallest absolute Gasteiger partial charge is 0.197 e. The highest BCUT2D eigenvalue weighted by atomic mass is 32.2. The molecule has 3 rings (SSSR count). The maximum absolute atomic E-state index is 12.4. The van der Waals surface area contributed by atoms with Gasteiger partial charge >= 0.3 is 0 Å². The average molecular weight is 358 g/mol. The van der Waals surface area contributed by atoms with E-state index in [2.05, 4.69) is 25.7 Å². The zero-order chi connectivity index (χ0) is 18.2. The normalized spacial score (nSPS) is 26.8. The highest BCUT2D eigenvalue weighted by Crippen LogP contribution is 2.48. The van der Waals surface area contributed by atoms with Crippen molar-refractivity contribution < 1.29 is 19.7 Å². The van der Waals surface area contributed by atoms with Crippen molar-refractivity contribution in [3.8, 4) is 0 Å². The highest BCUT2D eigenvalue weighted by molar-refractivity contribution is 8.11. The zero-order valence-corrected chi connectivity index (χ0v) is 15.6. The Labute approximate surface area is 152 Å². The molecule has 5 heteroatoms. The Kier molecular flexibility index (Phi) is 5.02. The Morgan fingerprint density at radius 1 is 1.12 bits per heavy atom. The van der Waals surface area contributed by atoms with Gasteiger partial charge in [0.25, 0.3) is 0 Å². The average Bonchev–Trinajstić information content (AvgIpc) is 2.59. The number of carbonyl (C=O) groups excluding carboxylic acids is 1. The second-order valence-electron chi connectivity index (χ2n) is 7.10. The second kappa shape index (κ2) is 6.92. The quantitative estimate of drug-likeness (QED) is 0.505. The summed E-state index contributed by atoms with van der Waals surface area (Å²) in [6, 6.07) is 10.0. The fraction of sp³-hybridized carbons (Fsp3) is 0.350. The van der Waals surface area contributed by atoms with Gasteiger partial charge in [0.15, 0.2) is 11.9 Å². The van der Waals surface area contributed by atoms with Gasteiger partial charge in [0.05, 0.1) is 7.11 Å². The lowest BCUT2D eigenvalue weighted by molar-refractivity contribution is -0.314. The molecule has 0 aromatic heterocycles. The maximum Gasteiger partial charge on any atom is 0.197 e. The first kappa shape index (κ1) is 18.1. The van der Waals surface area contributed by atoms with Crippen molar-refractivity contribution in [2.24, 2.45) is 5.41 Å². The molecule has 2 unspecified atom stereocenters. The molecule has 25 heavy (non-hydrogen) atoms. The molecule has 0 amide bonds. The molecule has 1 aromatic rings. The predicted octanol–water partition coefficient (Wildman–Crippen LogP) is 3.89. The molecule has 2 atom stereocenters. The van der Waals surface area contributed by atoms with Gasteiger partial charge in [0.2, 0.25) is 0 Å². The first-order valence-electron chi connectivity index (χ1n) is 8.16. The standard InChI is InChI=1S/C20H22O4S/c1-20(2,3)15-11-13(16-17(21)19(18(16)22)24-23-4)10-14(25-15)12-8-6-5-7-9-12/h5-11,17,19,21H,1-4H3/b16-13+. The molecule has 0 radical (unpaired) electrons. The third kappa shape index (κ3) is 3.51. The van der Waals surface area contributed by atoms with Gasteiger partial charge in [-0.15, -0.1) is 0 Å². The molecule has 1 fully saturated rings. The summed E-state index contributed by atoms with van der Waals surface area (Å²) in [4.78, 5) is 24.0. The molecule has 0 bridgehead atoms. The Morgan fingerprint density at radius 2 is 1.80 bits per heavy atom. The van der Waals surface area contributed by atoms with Gasteiger partial charge in [-0.05, 0) is 33.6 Å². The van der Waals surface area contributed by atoms with Crippen LogP contribution < -0.4 is 0 Å². The van der Waals surface area contributed by atoms with Gasteiger partial charge in [0.1, 0.15) is 6.10 Å². The van der Waals surface area contributed by atoms with Crippen molar-refractivity contribution in [2.45, 2.75) is 33.0 Å². The van der Waals surface area contributed by atoms with Gasteiger partial charge in [-0.25, -0.2) is 9.78 Å². The van der Waals surface area contributed by atoms with Crippen LogP contribution >= 0.6 is 11.8 Å². The molecule has 0 spiro atoms. The van der Waals surface area contributed by atoms with Crippen molar-refractivity contribution in [1.82, 2.24) is 0 Å². The van der Waals surface area contributed by atoms with E-state index in [0.717, 1.165) is 20.9 Å². The van der Waals surface area contributed by atoms with Crippen LogP contribution in [-0.2, 0) is 14.6 Å². The van der Waals surface area contributed by atoms with E-state index in [1.807, 2.05) is 42.5 Å². The second-order valence-corrected chi connectivity index (χ2v) is 8.18. The number of allylic oxidation sites excluding steroid dienone is 4. The van der Waals surface area contributed by atoms with E-state index in [-0.39, 0.29) is 11.2 Å². The summed E-state index contributed by atoms with van der Waals surface area (Å²) in [6.07, 6.45) is 2.05. The van der Waals surface area contributed by atoms with Gasteiger partial charge in [-0.2, -0.15) is 0 Å². The van der Waals surface area contributed by atoms with E-state index in [0.29, 0.717) is 5.57 Å². The minimum atomic E-state index is -0.976. The molecule has 1 heterocycles. The van der Waals surface area contributed by atoms with Crippen LogP contribution in [0.2, 0.25) is 0 Å². The number of rotatable bonds is 3. The van der Waals surface area contributed by atoms with Crippen LogP contribution in [-0.4, -0.2) is 30.2 Å². The lowest BCUT2D eigenvalue weighted by Crippen LogP contribution is -2.52. The summed E-state index contributed by atoms with van der Waals surface area (Å²) in [5.74, 6) is -0.232. The number of hydrogen-bond donors (Lipinski definition) is 1. The van der Waals surface area contributed by atoms with E-state index in [9.17, 15) is 9.90 Å². The van der Waals surface area contributed by atoms with Gasteiger partial charge in [-0.1, -0.05) is 62.9 Å². The van der Waals surface area contributed by atoms with Gasteiger partial charge < -0.3 is 5.11 Å². The van der Waals surface area contributed by atoms with Crippen molar-refractivity contribution in [3.05, 3.63) is 64.1 Å². The van der Waals surface area contributed by atoms with Crippen LogP contribution in [0.25, 0.3) is 4.91 Å². The Balaban J connectivity index is 2.05. The summed E-state index contributed by atoms with van der Waals surface area (Å²) >= 11 is 1.70. The van der Waals surface area contributed by atoms with Crippen LogP contribution in [0.1, 0.15) is 26.3 Å². The van der Waals surface area contributed by atoms with E-state index in [1.165, 1.54) is 7.11 Å². The number of benzene rings is 1. The minimum Gasteiger partial charge on any atom is -0.385 e. The first-order chi connectivity index (χ1) is 11.8. The first-order valence-corrected chi connectivity index (χ1v) is 8.97. The molecule has 1 saturated carbocycles. The molecular formula is C20H22O4S. The molecular weight excluding hydrogens is 336 g/mol. The lowest BCUT2D eigenvalue weighted by atomic mass is 9.79. The van der Waals surface area contributed by atoms with E-state index in [1.54, 1.807) is 11.8 Å². The third-order valence-corrected chi connectivity index (χ3v) is 5.73. The number of thioether (sulfide) groups is 1. The van der Waals surface area contributed by atoms with Crippen molar-refractivity contribution in [1.29, 1.82) is 0 Å². The van der Waals surface area contributed by atoms with Crippen LogP contribution in [0.5, 0.6) is 0 Å². The topological polar surface area (TPSA) is 55.8 Å². The monoisotopic (exact) mass is 358 g/mol. The number of carbonyl (C=O) groups is 1. The van der Waals surface area contributed by atoms with Crippen molar-refractivity contribution in [2.75, 3.05) is 7.11 Å². The van der Waals surface area contributed by atoms with E-state index >= 15 is 0 Å². The molecule has 4 nitrogen and oxygen atoms in total. The van der Waals surface area contributed by atoms with Gasteiger partial charge in [-0.3, -0.25) is 4.79 Å². The minimum absolute atomic E-state index is 0.0645. The molecule has 1 N–H and O–H groups in total. The summed E-state index contributed by atoms with van der Waals surface area (Å²) < 4.78 is 0. The molecule has 1 aliphatic heterocycles. The molecule has 1 aliphatic carbocycles. The zero-order valence-electron chi connectivity index (χ0n) is 14.8. The third-order valence-electron chi connectivity index (χ3n) is 4.21. The van der Waals surface area contributed by atoms with E-state index < -0.39 is 12.2 Å². The summed E-state index contributed by atoms with van der Waals surface area (Å²) in [5, 5.41) is 10.3. The fourth-order valence-corrected chi connectivity index (χ4v) is 3.95. The number of hydrogen-bond acceptors (Lipinski definition) is 5. The summed E-state index contributed by atoms with van der Waals surface area (Å²) in [7, 11) is 1.33. The van der Waals surface area contributed by atoms with Crippen molar-refractivity contribution >= 4 is 22.5 Å². The highest BCUT2D eigenvalue weighted by Gasteiger charge is 2.48. The Bertz CT molecular complexity index is 769. The Morgan fingerprint density at radius 3 is 2.36 bits per heavy atom. The summed E-state index contributed by atoms with van der Waals surface area (Å²) in [5.41, 5.74) is 2.16. The van der Waals surface area contributed by atoms with Gasteiger partial charge in [0, 0.05) is 10.5 Å². The predicted molar refractivity (Wildman–Crippen MR) is 99.5 cm³/mol. The number of Topliss-reactive ketones (excluding diaryl/α,β-unsaturated/α-hetero) is 1.